The first-order valence-electron chi connectivity index (χ1n) is 12.8. The van der Waals surface area contributed by atoms with Crippen LogP contribution >= 0.6 is 0 Å². The van der Waals surface area contributed by atoms with Gasteiger partial charge in [-0.15, -0.1) is 0 Å². The van der Waals surface area contributed by atoms with Crippen molar-refractivity contribution in [3.63, 3.8) is 0 Å². The van der Waals surface area contributed by atoms with Crippen LogP contribution < -0.4 is 15.4 Å². The van der Waals surface area contributed by atoms with E-state index in [1.165, 1.54) is 4.90 Å². The fourth-order valence-corrected chi connectivity index (χ4v) is 3.88. The van der Waals surface area contributed by atoms with E-state index in [-0.39, 0.29) is 12.5 Å². The van der Waals surface area contributed by atoms with E-state index in [9.17, 15) is 19.6 Å². The maximum absolute atomic E-state index is 14.0. The molecule has 39 heavy (non-hydrogen) atoms. The molecule has 0 saturated heterocycles. The van der Waals surface area contributed by atoms with E-state index in [2.05, 4.69) is 17.2 Å². The number of benzene rings is 2. The molecule has 0 saturated carbocycles. The molecule has 0 aliphatic heterocycles. The summed E-state index contributed by atoms with van der Waals surface area (Å²) in [5, 5.41) is 15.2. The van der Waals surface area contributed by atoms with Gasteiger partial charge in [-0.05, 0) is 68.1 Å². The first-order chi connectivity index (χ1) is 18.4. The SMILES string of the molecule is C=Cc1cccc(C(C(=O)Nc2ccc(OC)cc2)N(CC#N)C(=O)C(NC(=O)OC(C)(C)C)C(C)CC)c1. The molecule has 0 aliphatic carbocycles. The predicted octanol–water partition coefficient (Wildman–Crippen LogP) is 5.31. The van der Waals surface area contributed by atoms with Crippen LogP contribution in [0.15, 0.2) is 55.1 Å². The average molecular weight is 535 g/mol. The Kier molecular flexibility index (Phi) is 11.1. The summed E-state index contributed by atoms with van der Waals surface area (Å²) in [5.74, 6) is -0.786. The van der Waals surface area contributed by atoms with Crippen molar-refractivity contribution in [3.8, 4) is 11.8 Å². The zero-order chi connectivity index (χ0) is 29.2. The van der Waals surface area contributed by atoms with Gasteiger partial charge in [0.2, 0.25) is 5.91 Å². The van der Waals surface area contributed by atoms with Crippen molar-refractivity contribution < 1.29 is 23.9 Å². The van der Waals surface area contributed by atoms with Crippen LogP contribution in [-0.4, -0.2) is 48.1 Å². The highest BCUT2D eigenvalue weighted by atomic mass is 16.6. The van der Waals surface area contributed by atoms with Crippen LogP contribution in [0.4, 0.5) is 10.5 Å². The Labute approximate surface area is 230 Å². The number of carbonyl (C=O) groups excluding carboxylic acids is 3. The standard InChI is InChI=1S/C30H38N4O5/c1-8-20(3)25(33-29(37)39-30(4,5)6)28(36)34(18-17-31)26(22-12-10-11-21(9-2)19-22)27(35)32-23-13-15-24(38-7)16-14-23/h9-16,19-20,25-26H,2,8,18H2,1,3-7H3,(H,32,35)(H,33,37). The molecule has 2 aromatic rings. The van der Waals surface area contributed by atoms with E-state index in [0.717, 1.165) is 5.56 Å². The fraction of sp³-hybridized carbons (Fsp3) is 0.400. The number of nitrogens with zero attached hydrogens (tertiary/aromatic N) is 2. The monoisotopic (exact) mass is 534 g/mol. The second kappa shape index (κ2) is 14.0. The van der Waals surface area contributed by atoms with Gasteiger partial charge in [-0.25, -0.2) is 4.79 Å². The lowest BCUT2D eigenvalue weighted by Gasteiger charge is -2.34. The number of carbonyl (C=O) groups is 3. The molecule has 9 heteroatoms. The number of amides is 3. The van der Waals surface area contributed by atoms with Crippen molar-refractivity contribution in [1.29, 1.82) is 5.26 Å². The lowest BCUT2D eigenvalue weighted by molar-refractivity contribution is -0.141. The van der Waals surface area contributed by atoms with Crippen LogP contribution in [0.3, 0.4) is 0 Å². The van der Waals surface area contributed by atoms with E-state index in [1.807, 2.05) is 26.0 Å². The minimum atomic E-state index is -1.17. The largest absolute Gasteiger partial charge is 0.497 e. The molecule has 208 valence electrons. The van der Waals surface area contributed by atoms with Gasteiger partial charge in [-0.3, -0.25) is 9.59 Å². The van der Waals surface area contributed by atoms with Gasteiger partial charge in [-0.2, -0.15) is 5.26 Å². The third-order valence-corrected chi connectivity index (χ3v) is 6.06. The number of anilines is 1. The zero-order valence-corrected chi connectivity index (χ0v) is 23.5. The summed E-state index contributed by atoms with van der Waals surface area (Å²) < 4.78 is 10.6. The van der Waals surface area contributed by atoms with Crippen LogP contribution in [0.2, 0.25) is 0 Å². The third-order valence-electron chi connectivity index (χ3n) is 6.06. The van der Waals surface area contributed by atoms with Crippen molar-refractivity contribution in [1.82, 2.24) is 10.2 Å². The minimum absolute atomic E-state index is 0.309. The van der Waals surface area contributed by atoms with Crippen molar-refractivity contribution >= 4 is 29.7 Å². The first kappa shape index (κ1) is 30.9. The van der Waals surface area contributed by atoms with E-state index in [1.54, 1.807) is 76.4 Å². The Bertz CT molecular complexity index is 1200. The van der Waals surface area contributed by atoms with Crippen molar-refractivity contribution in [3.05, 3.63) is 66.2 Å². The van der Waals surface area contributed by atoms with Gasteiger partial charge in [0, 0.05) is 5.69 Å². The maximum Gasteiger partial charge on any atom is 0.408 e. The molecule has 2 rings (SSSR count). The summed E-state index contributed by atoms with van der Waals surface area (Å²) in [6.07, 6.45) is 1.43. The van der Waals surface area contributed by atoms with Gasteiger partial charge in [-0.1, -0.05) is 51.1 Å². The van der Waals surface area contributed by atoms with E-state index >= 15 is 0 Å². The Morgan fingerprint density at radius 1 is 1.15 bits per heavy atom. The van der Waals surface area contributed by atoms with E-state index < -0.39 is 35.6 Å². The topological polar surface area (TPSA) is 121 Å². The van der Waals surface area contributed by atoms with Crippen LogP contribution in [0.1, 0.15) is 58.2 Å². The molecule has 2 aromatic carbocycles. The van der Waals surface area contributed by atoms with Crippen LogP contribution in [0.5, 0.6) is 5.75 Å². The highest BCUT2D eigenvalue weighted by Crippen LogP contribution is 2.27. The second-order valence-corrected chi connectivity index (χ2v) is 10.1. The summed E-state index contributed by atoms with van der Waals surface area (Å²) in [6.45, 7) is 12.3. The quantitative estimate of drug-likeness (QED) is 0.377. The number of nitrogens with one attached hydrogen (secondary N) is 2. The molecule has 0 fully saturated rings. The van der Waals surface area contributed by atoms with Gasteiger partial charge >= 0.3 is 6.09 Å². The highest BCUT2D eigenvalue weighted by molar-refractivity contribution is 5.99. The Hall–Kier alpha value is -4.32. The number of alkyl carbamates (subject to hydrolysis) is 1. The summed E-state index contributed by atoms with van der Waals surface area (Å²) >= 11 is 0. The Morgan fingerprint density at radius 3 is 2.36 bits per heavy atom. The van der Waals surface area contributed by atoms with E-state index in [4.69, 9.17) is 9.47 Å². The first-order valence-corrected chi connectivity index (χ1v) is 12.8. The molecule has 0 heterocycles. The zero-order valence-electron chi connectivity index (χ0n) is 23.5. The Balaban J connectivity index is 2.55. The normalized spacial score (nSPS) is 13.2. The van der Waals surface area contributed by atoms with Gasteiger partial charge in [0.15, 0.2) is 0 Å². The van der Waals surface area contributed by atoms with Crippen LogP contribution in [0, 0.1) is 17.2 Å². The number of hydrogen-bond donors (Lipinski definition) is 2. The van der Waals surface area contributed by atoms with E-state index in [0.29, 0.717) is 23.4 Å². The molecule has 0 bridgehead atoms. The number of rotatable bonds is 11. The molecule has 0 aromatic heterocycles. The summed E-state index contributed by atoms with van der Waals surface area (Å²) in [7, 11) is 1.54. The van der Waals surface area contributed by atoms with Gasteiger partial charge in [0.05, 0.1) is 13.2 Å². The lowest BCUT2D eigenvalue weighted by atomic mass is 9.95. The number of hydrogen-bond acceptors (Lipinski definition) is 6. The number of nitriles is 1. The summed E-state index contributed by atoms with van der Waals surface area (Å²) in [5.41, 5.74) is 0.942. The van der Waals surface area contributed by atoms with Gasteiger partial charge in [0.1, 0.15) is 30.0 Å². The molecule has 3 unspecified atom stereocenters. The van der Waals surface area contributed by atoms with Crippen LogP contribution in [-0.2, 0) is 14.3 Å². The maximum atomic E-state index is 14.0. The fourth-order valence-electron chi connectivity index (χ4n) is 3.88. The van der Waals surface area contributed by atoms with Crippen molar-refractivity contribution in [2.24, 2.45) is 5.92 Å². The molecule has 9 nitrogen and oxygen atoms in total. The Morgan fingerprint density at radius 2 is 1.82 bits per heavy atom. The smallest absolute Gasteiger partial charge is 0.408 e. The molecule has 3 amide bonds. The summed E-state index contributed by atoms with van der Waals surface area (Å²) in [4.78, 5) is 41.7. The van der Waals surface area contributed by atoms with Gasteiger partial charge in [0.25, 0.3) is 5.91 Å². The lowest BCUT2D eigenvalue weighted by Crippen LogP contribution is -2.54. The second-order valence-electron chi connectivity index (χ2n) is 10.1. The van der Waals surface area contributed by atoms with Crippen molar-refractivity contribution in [2.45, 2.75) is 58.7 Å². The van der Waals surface area contributed by atoms with Crippen molar-refractivity contribution in [2.75, 3.05) is 19.0 Å². The third kappa shape index (κ3) is 8.88. The number of ether oxygens (including phenoxy) is 2. The highest BCUT2D eigenvalue weighted by Gasteiger charge is 2.38. The molecular formula is C30H38N4O5. The predicted molar refractivity (Wildman–Crippen MR) is 151 cm³/mol. The minimum Gasteiger partial charge on any atom is -0.497 e. The average Bonchev–Trinajstić information content (AvgIpc) is 2.90. The molecule has 0 spiro atoms. The van der Waals surface area contributed by atoms with Crippen LogP contribution in [0.25, 0.3) is 6.08 Å². The van der Waals surface area contributed by atoms with Gasteiger partial charge < -0.3 is 25.0 Å². The molecule has 3 atom stereocenters. The molecular weight excluding hydrogens is 496 g/mol. The molecule has 0 aliphatic rings. The molecule has 2 N–H and O–H groups in total. The summed E-state index contributed by atoms with van der Waals surface area (Å²) in [6, 6.07) is 13.6. The number of methoxy groups -OCH3 is 1. The molecule has 0 radical (unpaired) electrons.